The Morgan fingerprint density at radius 3 is 2.46 bits per heavy atom. The first kappa shape index (κ1) is 18.9. The van der Waals surface area contributed by atoms with Crippen LogP contribution in [0.25, 0.3) is 0 Å². The van der Waals surface area contributed by atoms with Crippen LogP contribution >= 0.6 is 0 Å². The number of amides is 1. The van der Waals surface area contributed by atoms with Gasteiger partial charge in [-0.25, -0.2) is 13.1 Å². The molecule has 0 aliphatic carbocycles. The summed E-state index contributed by atoms with van der Waals surface area (Å²) in [4.78, 5) is 12.3. The van der Waals surface area contributed by atoms with Gasteiger partial charge in [-0.05, 0) is 76.9 Å². The lowest BCUT2D eigenvalue weighted by Crippen LogP contribution is -2.40. The fourth-order valence-electron chi connectivity index (χ4n) is 2.70. The van der Waals surface area contributed by atoms with Crippen molar-refractivity contribution in [2.24, 2.45) is 5.92 Å². The van der Waals surface area contributed by atoms with Crippen molar-refractivity contribution in [3.05, 3.63) is 29.8 Å². The topological polar surface area (TPSA) is 87.3 Å². The number of nitrogens with one attached hydrogen (secondary N) is 3. The van der Waals surface area contributed by atoms with Crippen molar-refractivity contribution in [3.8, 4) is 0 Å². The quantitative estimate of drug-likeness (QED) is 0.723. The van der Waals surface area contributed by atoms with Gasteiger partial charge in [0.15, 0.2) is 0 Å². The highest BCUT2D eigenvalue weighted by atomic mass is 32.2. The summed E-state index contributed by atoms with van der Waals surface area (Å²) in [5.41, 5.74) is -0.0847. The molecule has 1 unspecified atom stereocenters. The minimum Gasteiger partial charge on any atom is -0.352 e. The van der Waals surface area contributed by atoms with Crippen molar-refractivity contribution in [1.82, 2.24) is 15.4 Å². The minimum atomic E-state index is -3.58. The summed E-state index contributed by atoms with van der Waals surface area (Å²) in [6.07, 6.45) is 2.11. The standard InChI is InChI=1S/C17H27N3O3S/c1-17(2,3)20-24(22,23)15-6-4-14(5-7-15)16(21)19-11-9-13-8-10-18-12-13/h4-7,13,18,20H,8-12H2,1-3H3,(H,19,21). The average Bonchev–Trinajstić information content (AvgIpc) is 2.98. The van der Waals surface area contributed by atoms with Crippen molar-refractivity contribution in [1.29, 1.82) is 0 Å². The molecule has 1 atom stereocenters. The normalized spacial score (nSPS) is 18.5. The Bertz CT molecular complexity index is 657. The molecule has 134 valence electrons. The highest BCUT2D eigenvalue weighted by Crippen LogP contribution is 2.14. The molecule has 1 heterocycles. The lowest BCUT2D eigenvalue weighted by molar-refractivity contribution is 0.0951. The Kier molecular flexibility index (Phi) is 6.01. The maximum absolute atomic E-state index is 12.2. The molecule has 6 nitrogen and oxygen atoms in total. The average molecular weight is 353 g/mol. The predicted molar refractivity (Wildman–Crippen MR) is 94.4 cm³/mol. The maximum Gasteiger partial charge on any atom is 0.251 e. The number of hydrogen-bond donors (Lipinski definition) is 3. The van der Waals surface area contributed by atoms with E-state index in [0.717, 1.165) is 25.9 Å². The van der Waals surface area contributed by atoms with Crippen LogP contribution in [0.4, 0.5) is 0 Å². The predicted octanol–water partition coefficient (Wildman–Crippen LogP) is 1.49. The molecule has 24 heavy (non-hydrogen) atoms. The summed E-state index contributed by atoms with van der Waals surface area (Å²) in [5, 5.41) is 6.19. The second kappa shape index (κ2) is 7.63. The van der Waals surface area contributed by atoms with Crippen LogP contribution in [0.2, 0.25) is 0 Å². The fraction of sp³-hybridized carbons (Fsp3) is 0.588. The molecule has 1 aromatic rings. The van der Waals surface area contributed by atoms with Crippen molar-refractivity contribution < 1.29 is 13.2 Å². The summed E-state index contributed by atoms with van der Waals surface area (Å²) in [5.74, 6) is 0.454. The monoisotopic (exact) mass is 353 g/mol. The van der Waals surface area contributed by atoms with Crippen LogP contribution < -0.4 is 15.4 Å². The van der Waals surface area contributed by atoms with E-state index in [1.807, 2.05) is 0 Å². The molecule has 1 aromatic carbocycles. The van der Waals surface area contributed by atoms with Gasteiger partial charge in [0.25, 0.3) is 5.91 Å². The maximum atomic E-state index is 12.2. The van der Waals surface area contributed by atoms with Crippen LogP contribution in [-0.2, 0) is 10.0 Å². The van der Waals surface area contributed by atoms with Crippen LogP contribution in [0.1, 0.15) is 44.0 Å². The van der Waals surface area contributed by atoms with E-state index in [4.69, 9.17) is 0 Å². The number of carbonyl (C=O) groups excluding carboxylic acids is 1. The molecule has 1 aliphatic rings. The van der Waals surface area contributed by atoms with Crippen LogP contribution in [0, 0.1) is 5.92 Å². The number of rotatable bonds is 6. The third kappa shape index (κ3) is 5.58. The van der Waals surface area contributed by atoms with E-state index in [2.05, 4.69) is 15.4 Å². The van der Waals surface area contributed by atoms with E-state index < -0.39 is 15.6 Å². The Morgan fingerprint density at radius 2 is 1.92 bits per heavy atom. The molecule has 1 fully saturated rings. The fourth-order valence-corrected chi connectivity index (χ4v) is 4.12. The number of hydrogen-bond acceptors (Lipinski definition) is 4. The van der Waals surface area contributed by atoms with Crippen LogP contribution in [0.5, 0.6) is 0 Å². The molecular formula is C17H27N3O3S. The molecular weight excluding hydrogens is 326 g/mol. The van der Waals surface area contributed by atoms with Gasteiger partial charge >= 0.3 is 0 Å². The van der Waals surface area contributed by atoms with E-state index in [9.17, 15) is 13.2 Å². The molecule has 0 spiro atoms. The third-order valence-electron chi connectivity index (χ3n) is 3.87. The Morgan fingerprint density at radius 1 is 1.25 bits per heavy atom. The molecule has 0 bridgehead atoms. The summed E-state index contributed by atoms with van der Waals surface area (Å²) < 4.78 is 27.1. The van der Waals surface area contributed by atoms with Gasteiger partial charge in [0.1, 0.15) is 0 Å². The van der Waals surface area contributed by atoms with Gasteiger partial charge in [0.05, 0.1) is 4.90 Å². The zero-order chi connectivity index (χ0) is 17.8. The third-order valence-corrected chi connectivity index (χ3v) is 5.64. The highest BCUT2D eigenvalue weighted by Gasteiger charge is 2.22. The lowest BCUT2D eigenvalue weighted by atomic mass is 10.1. The van der Waals surface area contributed by atoms with E-state index in [1.165, 1.54) is 12.1 Å². The SMILES string of the molecule is CC(C)(C)NS(=O)(=O)c1ccc(C(=O)NCCC2CCNC2)cc1. The number of benzene rings is 1. The van der Waals surface area contributed by atoms with E-state index in [1.54, 1.807) is 32.9 Å². The van der Waals surface area contributed by atoms with Crippen molar-refractivity contribution in [3.63, 3.8) is 0 Å². The summed E-state index contributed by atoms with van der Waals surface area (Å²) in [6.45, 7) is 8.06. The molecule has 0 aromatic heterocycles. The van der Waals surface area contributed by atoms with Crippen molar-refractivity contribution in [2.45, 2.75) is 44.0 Å². The summed E-state index contributed by atoms with van der Waals surface area (Å²) in [7, 11) is -3.58. The Hall–Kier alpha value is -1.44. The first-order valence-corrected chi connectivity index (χ1v) is 9.79. The van der Waals surface area contributed by atoms with Gasteiger partial charge in [-0.15, -0.1) is 0 Å². The number of sulfonamides is 1. The number of carbonyl (C=O) groups is 1. The Labute approximate surface area is 144 Å². The van der Waals surface area contributed by atoms with Gasteiger partial charge < -0.3 is 10.6 Å². The molecule has 1 saturated heterocycles. The molecule has 3 N–H and O–H groups in total. The highest BCUT2D eigenvalue weighted by molar-refractivity contribution is 7.89. The molecule has 2 rings (SSSR count). The summed E-state index contributed by atoms with van der Waals surface area (Å²) in [6, 6.07) is 6.01. The van der Waals surface area contributed by atoms with E-state index >= 15 is 0 Å². The van der Waals surface area contributed by atoms with Crippen molar-refractivity contribution >= 4 is 15.9 Å². The van der Waals surface area contributed by atoms with Crippen LogP contribution in [0.15, 0.2) is 29.2 Å². The summed E-state index contributed by atoms with van der Waals surface area (Å²) >= 11 is 0. The minimum absolute atomic E-state index is 0.158. The molecule has 1 amide bonds. The second-order valence-corrected chi connectivity index (χ2v) is 8.97. The van der Waals surface area contributed by atoms with Gasteiger partial charge in [-0.2, -0.15) is 0 Å². The van der Waals surface area contributed by atoms with Gasteiger partial charge in [0, 0.05) is 17.6 Å². The van der Waals surface area contributed by atoms with E-state index in [-0.39, 0.29) is 10.8 Å². The lowest BCUT2D eigenvalue weighted by Gasteiger charge is -2.20. The van der Waals surface area contributed by atoms with Crippen LogP contribution in [-0.4, -0.2) is 39.5 Å². The Balaban J connectivity index is 1.92. The first-order chi connectivity index (χ1) is 11.2. The first-order valence-electron chi connectivity index (χ1n) is 8.30. The van der Waals surface area contributed by atoms with Gasteiger partial charge in [-0.3, -0.25) is 4.79 Å². The molecule has 7 heteroatoms. The zero-order valence-electron chi connectivity index (χ0n) is 14.6. The molecule has 0 radical (unpaired) electrons. The van der Waals surface area contributed by atoms with E-state index in [0.29, 0.717) is 18.0 Å². The zero-order valence-corrected chi connectivity index (χ0v) is 15.4. The largest absolute Gasteiger partial charge is 0.352 e. The molecule has 0 saturated carbocycles. The van der Waals surface area contributed by atoms with Crippen molar-refractivity contribution in [2.75, 3.05) is 19.6 Å². The molecule has 1 aliphatic heterocycles. The second-order valence-electron chi connectivity index (χ2n) is 7.28. The van der Waals surface area contributed by atoms with Gasteiger partial charge in [-0.1, -0.05) is 0 Å². The van der Waals surface area contributed by atoms with Crippen LogP contribution in [0.3, 0.4) is 0 Å². The smallest absolute Gasteiger partial charge is 0.251 e. The van der Waals surface area contributed by atoms with Gasteiger partial charge in [0.2, 0.25) is 10.0 Å².